The zero-order chi connectivity index (χ0) is 41.6. The third-order valence-electron chi connectivity index (χ3n) is 8.54. The number of amides is 3. The molecule has 0 unspecified atom stereocenters. The van der Waals surface area contributed by atoms with Crippen LogP contribution in [0, 0.1) is 0 Å². The molecule has 3 aromatic rings. The fourth-order valence-electron chi connectivity index (χ4n) is 5.64. The molecule has 1 saturated heterocycles. The van der Waals surface area contributed by atoms with Crippen molar-refractivity contribution in [2.45, 2.75) is 37.6 Å². The van der Waals surface area contributed by atoms with Gasteiger partial charge in [0.15, 0.2) is 0 Å². The lowest BCUT2D eigenvalue weighted by Crippen LogP contribution is -2.30. The number of hydrazone groups is 1. The van der Waals surface area contributed by atoms with E-state index in [2.05, 4.69) is 36.1 Å². The van der Waals surface area contributed by atoms with E-state index in [1.165, 1.54) is 6.07 Å². The first kappa shape index (κ1) is 45.9. The highest BCUT2D eigenvalue weighted by Gasteiger charge is 2.33. The van der Waals surface area contributed by atoms with Crippen LogP contribution in [0.15, 0.2) is 70.9 Å². The predicted octanol–water partition coefficient (Wildman–Crippen LogP) is 7.46. The number of nitrogens with zero attached hydrogens (tertiary/aromatic N) is 5. The van der Waals surface area contributed by atoms with Gasteiger partial charge in [-0.1, -0.05) is 34.9 Å². The first-order valence-electron chi connectivity index (χ1n) is 18.6. The molecule has 14 nitrogen and oxygen atoms in total. The van der Waals surface area contributed by atoms with Gasteiger partial charge in [-0.15, -0.1) is 0 Å². The summed E-state index contributed by atoms with van der Waals surface area (Å²) in [6, 6.07) is 15.5. The zero-order valence-electron chi connectivity index (χ0n) is 31.8. The lowest BCUT2D eigenvalue weighted by molar-refractivity contribution is -0.137. The lowest BCUT2D eigenvalue weighted by Gasteiger charge is -2.29. The maximum absolute atomic E-state index is 13.5. The molecule has 3 aromatic carbocycles. The molecule has 19 heteroatoms. The maximum Gasteiger partial charge on any atom is 0.417 e. The number of carbonyl (C=O) groups excluding carboxylic acids is 3. The summed E-state index contributed by atoms with van der Waals surface area (Å²) < 4.78 is 56.0. The molecule has 0 spiro atoms. The second-order valence-electron chi connectivity index (χ2n) is 12.8. The molecule has 1 heterocycles. The minimum absolute atomic E-state index is 0.0784. The number of alkyl halides is 3. The van der Waals surface area contributed by atoms with Gasteiger partial charge >= 0.3 is 6.18 Å². The largest absolute Gasteiger partial charge is 0.417 e. The first-order chi connectivity index (χ1) is 28.0. The van der Waals surface area contributed by atoms with Crippen LogP contribution < -0.4 is 21.0 Å². The van der Waals surface area contributed by atoms with Gasteiger partial charge in [-0.3, -0.25) is 14.4 Å². The number of hydrogen-bond donors (Lipinski definition) is 3. The van der Waals surface area contributed by atoms with E-state index in [-0.39, 0.29) is 29.3 Å². The SMILES string of the molecule is [N-]=[N+]=NCCOCCOCCOCCNC(=O)CCSCc1cccc(C(=O)Nc2ccc(N3CCCCC3)cc2C(=O)N/N=C/c2ccc(Cl)c(C(F)(F)F)c2)c1. The number of rotatable bonds is 23. The van der Waals surface area contributed by atoms with Crippen molar-refractivity contribution in [3.8, 4) is 0 Å². The van der Waals surface area contributed by atoms with Crippen LogP contribution in [0.4, 0.5) is 24.5 Å². The number of azide groups is 1. The van der Waals surface area contributed by atoms with E-state index in [4.69, 9.17) is 31.3 Å². The molecule has 1 fully saturated rings. The number of thioether (sulfide) groups is 1. The molecule has 0 atom stereocenters. The van der Waals surface area contributed by atoms with E-state index in [1.54, 1.807) is 42.1 Å². The van der Waals surface area contributed by atoms with Crippen molar-refractivity contribution in [1.29, 1.82) is 0 Å². The number of benzene rings is 3. The van der Waals surface area contributed by atoms with Crippen molar-refractivity contribution >= 4 is 58.7 Å². The Morgan fingerprint density at radius 2 is 1.66 bits per heavy atom. The standard InChI is InChI=1S/C39H46ClF3N8O6S/c40-34-9-7-28(24-33(34)39(41,42)43)26-47-49-38(54)32-25-31(51-14-2-1-3-15-51)8-10-35(32)48-37(53)30-6-4-5-29(23-30)27-58-22-11-36(52)45-12-16-55-18-20-57-21-19-56-17-13-46-50-44/h4-10,23-26H,1-3,11-22,27H2,(H,45,52)(H,48,53)(H,49,54)/b47-26+. The van der Waals surface area contributed by atoms with Gasteiger partial charge in [-0.05, 0) is 78.4 Å². The van der Waals surface area contributed by atoms with E-state index in [0.717, 1.165) is 62.0 Å². The molecule has 0 saturated carbocycles. The van der Waals surface area contributed by atoms with Crippen LogP contribution in [0.1, 0.15) is 63.1 Å². The Hall–Kier alpha value is -4.84. The normalized spacial score (nSPS) is 12.9. The minimum atomic E-state index is -4.66. The highest BCUT2D eigenvalue weighted by molar-refractivity contribution is 7.98. The highest BCUT2D eigenvalue weighted by atomic mass is 35.5. The Balaban J connectivity index is 1.24. The summed E-state index contributed by atoms with van der Waals surface area (Å²) in [5.41, 5.74) is 12.0. The fourth-order valence-corrected chi connectivity index (χ4v) is 6.75. The molecule has 0 bridgehead atoms. The van der Waals surface area contributed by atoms with Gasteiger partial charge in [0.2, 0.25) is 5.91 Å². The molecule has 3 N–H and O–H groups in total. The second-order valence-corrected chi connectivity index (χ2v) is 14.3. The number of nitrogens with one attached hydrogen (secondary N) is 3. The number of carbonyl (C=O) groups is 3. The van der Waals surface area contributed by atoms with Crippen molar-refractivity contribution in [2.75, 3.05) is 81.8 Å². The molecular weight excluding hydrogens is 801 g/mol. The Labute approximate surface area is 343 Å². The summed E-state index contributed by atoms with van der Waals surface area (Å²) in [5.74, 6) is -0.0901. The van der Waals surface area contributed by atoms with E-state index < -0.39 is 28.6 Å². The van der Waals surface area contributed by atoms with Gasteiger partial charge in [0.05, 0.1) is 67.7 Å². The summed E-state index contributed by atoms with van der Waals surface area (Å²) in [6.07, 6.45) is -0.152. The summed E-state index contributed by atoms with van der Waals surface area (Å²) in [5, 5.41) is 12.5. The van der Waals surface area contributed by atoms with Gasteiger partial charge in [0, 0.05) is 60.3 Å². The van der Waals surface area contributed by atoms with E-state index in [1.807, 2.05) is 12.1 Å². The summed E-state index contributed by atoms with van der Waals surface area (Å²) >= 11 is 7.27. The molecule has 0 aliphatic carbocycles. The zero-order valence-corrected chi connectivity index (χ0v) is 33.3. The van der Waals surface area contributed by atoms with Crippen LogP contribution >= 0.6 is 23.4 Å². The van der Waals surface area contributed by atoms with Gasteiger partial charge < -0.3 is 29.7 Å². The van der Waals surface area contributed by atoms with Crippen LogP contribution in [0.3, 0.4) is 0 Å². The number of anilines is 2. The molecule has 0 aromatic heterocycles. The number of halogens is 4. The van der Waals surface area contributed by atoms with Crippen LogP contribution in [0.25, 0.3) is 10.4 Å². The molecule has 1 aliphatic rings. The average molecular weight is 847 g/mol. The second kappa shape index (κ2) is 24.8. The first-order valence-corrected chi connectivity index (χ1v) is 20.2. The molecule has 4 rings (SSSR count). The fraction of sp³-hybridized carbons (Fsp3) is 0.436. The monoisotopic (exact) mass is 846 g/mol. The third-order valence-corrected chi connectivity index (χ3v) is 9.90. The number of hydrogen-bond acceptors (Lipinski definition) is 10. The molecule has 1 aliphatic heterocycles. The Morgan fingerprint density at radius 1 is 0.914 bits per heavy atom. The van der Waals surface area contributed by atoms with Crippen LogP contribution in [-0.4, -0.2) is 95.5 Å². The number of piperidine rings is 1. The van der Waals surface area contributed by atoms with Crippen LogP contribution in [-0.2, 0) is 30.9 Å². The van der Waals surface area contributed by atoms with Crippen molar-refractivity contribution in [1.82, 2.24) is 10.7 Å². The maximum atomic E-state index is 13.5. The quantitative estimate of drug-likeness (QED) is 0.0220. The molecule has 0 radical (unpaired) electrons. The van der Waals surface area contributed by atoms with E-state index in [9.17, 15) is 27.6 Å². The van der Waals surface area contributed by atoms with Crippen molar-refractivity contribution in [3.05, 3.63) is 104 Å². The summed E-state index contributed by atoms with van der Waals surface area (Å²) in [7, 11) is 0. The van der Waals surface area contributed by atoms with Gasteiger partial charge in [-0.25, -0.2) is 5.43 Å². The number of ether oxygens (including phenoxy) is 3. The van der Waals surface area contributed by atoms with Crippen molar-refractivity contribution in [2.24, 2.45) is 10.2 Å². The van der Waals surface area contributed by atoms with Gasteiger partial charge in [0.1, 0.15) is 0 Å². The van der Waals surface area contributed by atoms with Gasteiger partial charge in [-0.2, -0.15) is 30.0 Å². The van der Waals surface area contributed by atoms with Gasteiger partial charge in [0.25, 0.3) is 11.8 Å². The third kappa shape index (κ3) is 16.2. The summed E-state index contributed by atoms with van der Waals surface area (Å²) in [4.78, 5) is 44.0. The topological polar surface area (TPSA) is 179 Å². The molecule has 58 heavy (non-hydrogen) atoms. The Kier molecular flexibility index (Phi) is 19.6. The minimum Gasteiger partial charge on any atom is -0.379 e. The summed E-state index contributed by atoms with van der Waals surface area (Å²) in [6.45, 7) is 4.52. The van der Waals surface area contributed by atoms with E-state index in [0.29, 0.717) is 69.7 Å². The van der Waals surface area contributed by atoms with Crippen molar-refractivity contribution in [3.63, 3.8) is 0 Å². The average Bonchev–Trinajstić information content (AvgIpc) is 3.22. The van der Waals surface area contributed by atoms with Crippen LogP contribution in [0.2, 0.25) is 5.02 Å². The lowest BCUT2D eigenvalue weighted by atomic mass is 10.1. The van der Waals surface area contributed by atoms with E-state index >= 15 is 0 Å². The molecule has 3 amide bonds. The molecular formula is C39H46ClF3N8O6S. The molecule has 312 valence electrons. The van der Waals surface area contributed by atoms with Crippen molar-refractivity contribution < 1.29 is 41.8 Å². The highest BCUT2D eigenvalue weighted by Crippen LogP contribution is 2.35. The smallest absolute Gasteiger partial charge is 0.379 e. The van der Waals surface area contributed by atoms with Crippen LogP contribution in [0.5, 0.6) is 0 Å². The predicted molar refractivity (Wildman–Crippen MR) is 219 cm³/mol. The Morgan fingerprint density at radius 3 is 2.40 bits per heavy atom. The Bertz CT molecular complexity index is 1890.